The van der Waals surface area contributed by atoms with Crippen molar-refractivity contribution in [2.45, 2.75) is 59.3 Å². The molecular formula is C35H38N2O10. The summed E-state index contributed by atoms with van der Waals surface area (Å²) < 4.78 is 27.9. The molecule has 0 bridgehead atoms. The molecule has 3 aromatic rings. The van der Waals surface area contributed by atoms with Gasteiger partial charge in [0.1, 0.15) is 18.6 Å². The standard InChI is InChI=1S/C35H38N2O10/c1-19(2)32(39)46-29-22(5)45-35(42)26(18-44-33(40)25(29)17-23-12-8-7-9-13-23)37-31(38)28-30(27(43-6)15-16-36-28)47-34(41)24-14-10-11-20(3)21(24)4/h7-16,19,22,25-26,29H,17-18H2,1-6H3,(H,37,38)/t22-,25+,26-,29-/m0/s1. The van der Waals surface area contributed by atoms with E-state index in [-0.39, 0.29) is 29.2 Å². The molecule has 12 nitrogen and oxygen atoms in total. The number of aryl methyl sites for hydroxylation is 1. The number of aromatic nitrogens is 1. The highest BCUT2D eigenvalue weighted by Gasteiger charge is 2.42. The van der Waals surface area contributed by atoms with E-state index in [1.807, 2.05) is 31.2 Å². The fourth-order valence-electron chi connectivity index (χ4n) is 4.95. The molecule has 0 spiro atoms. The van der Waals surface area contributed by atoms with Crippen LogP contribution in [0.2, 0.25) is 0 Å². The van der Waals surface area contributed by atoms with Gasteiger partial charge in [0.25, 0.3) is 5.91 Å². The number of carbonyl (C=O) groups is 5. The Labute approximate surface area is 272 Å². The second-order valence-corrected chi connectivity index (χ2v) is 11.5. The van der Waals surface area contributed by atoms with Crippen molar-refractivity contribution < 1.29 is 47.7 Å². The Kier molecular flexibility index (Phi) is 11.3. The smallest absolute Gasteiger partial charge is 0.344 e. The van der Waals surface area contributed by atoms with Crippen molar-refractivity contribution in [3.63, 3.8) is 0 Å². The molecule has 1 aromatic heterocycles. The van der Waals surface area contributed by atoms with Crippen molar-refractivity contribution in [2.75, 3.05) is 13.7 Å². The lowest BCUT2D eigenvalue weighted by Gasteiger charge is -2.29. The van der Waals surface area contributed by atoms with Crippen LogP contribution < -0.4 is 14.8 Å². The third-order valence-electron chi connectivity index (χ3n) is 7.79. The van der Waals surface area contributed by atoms with Gasteiger partial charge in [0.05, 0.1) is 18.6 Å². The molecule has 0 unspecified atom stereocenters. The molecule has 2 heterocycles. The molecule has 1 N–H and O–H groups in total. The van der Waals surface area contributed by atoms with Gasteiger partial charge in [-0.15, -0.1) is 0 Å². The number of carbonyl (C=O) groups excluding carboxylic acids is 5. The molecule has 1 fully saturated rings. The minimum Gasteiger partial charge on any atom is -0.493 e. The van der Waals surface area contributed by atoms with Crippen molar-refractivity contribution in [1.82, 2.24) is 10.3 Å². The van der Waals surface area contributed by atoms with E-state index in [1.54, 1.807) is 45.0 Å². The van der Waals surface area contributed by atoms with Crippen LogP contribution in [0, 0.1) is 25.7 Å². The number of pyridine rings is 1. The lowest BCUT2D eigenvalue weighted by molar-refractivity contribution is -0.176. The van der Waals surface area contributed by atoms with E-state index in [4.69, 9.17) is 23.7 Å². The Morgan fingerprint density at radius 2 is 1.72 bits per heavy atom. The summed E-state index contributed by atoms with van der Waals surface area (Å²) in [5, 5.41) is 2.48. The Balaban J connectivity index is 1.61. The zero-order valence-electron chi connectivity index (χ0n) is 27.1. The van der Waals surface area contributed by atoms with Crippen molar-refractivity contribution in [1.29, 1.82) is 0 Å². The molecule has 0 saturated carbocycles. The van der Waals surface area contributed by atoms with Gasteiger partial charge in [-0.05, 0) is 49.9 Å². The number of hydrogen-bond acceptors (Lipinski definition) is 11. The Morgan fingerprint density at radius 1 is 1.00 bits per heavy atom. The first-order valence-electron chi connectivity index (χ1n) is 15.1. The van der Waals surface area contributed by atoms with Crippen LogP contribution >= 0.6 is 0 Å². The molecule has 0 radical (unpaired) electrons. The Bertz CT molecular complexity index is 1640. The van der Waals surface area contributed by atoms with Gasteiger partial charge in [0, 0.05) is 12.3 Å². The summed E-state index contributed by atoms with van der Waals surface area (Å²) in [6.07, 6.45) is -0.855. The molecule has 1 saturated heterocycles. The highest BCUT2D eigenvalue weighted by molar-refractivity contribution is 6.00. The van der Waals surface area contributed by atoms with Gasteiger partial charge in [-0.2, -0.15) is 0 Å². The summed E-state index contributed by atoms with van der Waals surface area (Å²) in [4.78, 5) is 70.4. The fraction of sp³-hybridized carbons (Fsp3) is 0.371. The average Bonchev–Trinajstić information content (AvgIpc) is 3.08. The SMILES string of the molecule is COc1ccnc(C(=O)N[C@H]2COC(=O)[C@H](Cc3ccccc3)[C@@H](OC(=O)C(C)C)[C@H](C)OC2=O)c1OC(=O)c1cccc(C)c1C. The number of nitrogens with zero attached hydrogens (tertiary/aromatic N) is 1. The van der Waals surface area contributed by atoms with E-state index in [0.717, 1.165) is 11.1 Å². The van der Waals surface area contributed by atoms with Crippen molar-refractivity contribution >= 4 is 29.8 Å². The van der Waals surface area contributed by atoms with Crippen LogP contribution in [0.5, 0.6) is 11.5 Å². The van der Waals surface area contributed by atoms with Gasteiger partial charge in [-0.25, -0.2) is 14.6 Å². The molecule has 2 aromatic carbocycles. The molecule has 1 aliphatic rings. The van der Waals surface area contributed by atoms with Crippen LogP contribution in [-0.4, -0.2) is 66.7 Å². The zero-order chi connectivity index (χ0) is 34.2. The van der Waals surface area contributed by atoms with Crippen LogP contribution in [-0.2, 0) is 35.0 Å². The molecule has 12 heteroatoms. The molecular weight excluding hydrogens is 608 g/mol. The maximum absolute atomic E-state index is 13.6. The van der Waals surface area contributed by atoms with Gasteiger partial charge >= 0.3 is 23.9 Å². The van der Waals surface area contributed by atoms with Crippen LogP contribution in [0.15, 0.2) is 60.8 Å². The molecule has 1 amide bonds. The summed E-state index contributed by atoms with van der Waals surface area (Å²) in [5.41, 5.74) is 2.25. The number of rotatable bonds is 9. The number of amides is 1. The molecule has 248 valence electrons. The van der Waals surface area contributed by atoms with Gasteiger partial charge in [-0.3, -0.25) is 14.4 Å². The Hall–Kier alpha value is -5.26. The summed E-state index contributed by atoms with van der Waals surface area (Å²) in [6, 6.07) is 14.1. The van der Waals surface area contributed by atoms with E-state index >= 15 is 0 Å². The number of esters is 4. The third-order valence-corrected chi connectivity index (χ3v) is 7.79. The fourth-order valence-corrected chi connectivity index (χ4v) is 4.95. The first-order chi connectivity index (χ1) is 22.4. The maximum Gasteiger partial charge on any atom is 0.344 e. The Morgan fingerprint density at radius 3 is 2.40 bits per heavy atom. The summed E-state index contributed by atoms with van der Waals surface area (Å²) in [7, 11) is 1.33. The van der Waals surface area contributed by atoms with Gasteiger partial charge < -0.3 is 29.0 Å². The number of benzene rings is 2. The summed E-state index contributed by atoms with van der Waals surface area (Å²) >= 11 is 0. The third kappa shape index (κ3) is 8.32. The predicted octanol–water partition coefficient (Wildman–Crippen LogP) is 3.94. The van der Waals surface area contributed by atoms with E-state index in [0.29, 0.717) is 5.56 Å². The molecule has 0 aliphatic carbocycles. The quantitative estimate of drug-likeness (QED) is 0.265. The van der Waals surface area contributed by atoms with Crippen molar-refractivity contribution in [3.05, 3.63) is 88.7 Å². The number of hydrogen-bond donors (Lipinski definition) is 1. The number of methoxy groups -OCH3 is 1. The zero-order valence-corrected chi connectivity index (χ0v) is 27.1. The summed E-state index contributed by atoms with van der Waals surface area (Å²) in [5.74, 6) is -5.72. The van der Waals surface area contributed by atoms with Crippen LogP contribution in [0.25, 0.3) is 0 Å². The van der Waals surface area contributed by atoms with E-state index in [9.17, 15) is 24.0 Å². The van der Waals surface area contributed by atoms with Crippen molar-refractivity contribution in [2.24, 2.45) is 11.8 Å². The van der Waals surface area contributed by atoms with Crippen LogP contribution in [0.4, 0.5) is 0 Å². The van der Waals surface area contributed by atoms with Crippen LogP contribution in [0.1, 0.15) is 58.3 Å². The highest BCUT2D eigenvalue weighted by Crippen LogP contribution is 2.31. The number of nitrogens with one attached hydrogen (secondary N) is 1. The largest absolute Gasteiger partial charge is 0.493 e. The minimum absolute atomic E-state index is 0.0412. The first-order valence-corrected chi connectivity index (χ1v) is 15.1. The topological polar surface area (TPSA) is 156 Å². The second-order valence-electron chi connectivity index (χ2n) is 11.5. The monoisotopic (exact) mass is 646 g/mol. The van der Waals surface area contributed by atoms with E-state index in [2.05, 4.69) is 10.3 Å². The highest BCUT2D eigenvalue weighted by atomic mass is 16.6. The predicted molar refractivity (Wildman–Crippen MR) is 168 cm³/mol. The van der Waals surface area contributed by atoms with E-state index < -0.39 is 66.5 Å². The molecule has 47 heavy (non-hydrogen) atoms. The van der Waals surface area contributed by atoms with Gasteiger partial charge in [0.15, 0.2) is 23.6 Å². The molecule has 4 rings (SSSR count). The second kappa shape index (κ2) is 15.4. The van der Waals surface area contributed by atoms with Crippen LogP contribution in [0.3, 0.4) is 0 Å². The minimum atomic E-state index is -1.48. The van der Waals surface area contributed by atoms with Gasteiger partial charge in [-0.1, -0.05) is 56.3 Å². The number of cyclic esters (lactones) is 2. The van der Waals surface area contributed by atoms with Crippen molar-refractivity contribution in [3.8, 4) is 11.5 Å². The first kappa shape index (κ1) is 34.6. The summed E-state index contributed by atoms with van der Waals surface area (Å²) in [6.45, 7) is 7.81. The molecule has 1 aliphatic heterocycles. The lowest BCUT2D eigenvalue weighted by Crippen LogP contribution is -2.47. The van der Waals surface area contributed by atoms with E-state index in [1.165, 1.54) is 26.3 Å². The normalized spacial score (nSPS) is 19.7. The van der Waals surface area contributed by atoms with Gasteiger partial charge in [0.2, 0.25) is 5.75 Å². The lowest BCUT2D eigenvalue weighted by atomic mass is 9.91. The number of ether oxygens (including phenoxy) is 5. The molecule has 4 atom stereocenters. The average molecular weight is 647 g/mol. The maximum atomic E-state index is 13.6.